The summed E-state index contributed by atoms with van der Waals surface area (Å²) in [7, 11) is 6.73. The van der Waals surface area contributed by atoms with E-state index in [1.54, 1.807) is 24.3 Å². The number of aromatic nitrogens is 2. The molecule has 0 radical (unpaired) electrons. The van der Waals surface area contributed by atoms with Crippen LogP contribution in [-0.4, -0.2) is 55.1 Å². The van der Waals surface area contributed by atoms with Crippen molar-refractivity contribution in [2.24, 2.45) is 0 Å². The number of hydrogen-bond acceptors (Lipinski definition) is 7. The van der Waals surface area contributed by atoms with Crippen LogP contribution in [0, 0.1) is 5.82 Å². The fraction of sp³-hybridized carbons (Fsp3) is 0.179. The van der Waals surface area contributed by atoms with E-state index in [2.05, 4.69) is 9.97 Å². The summed E-state index contributed by atoms with van der Waals surface area (Å²) in [6, 6.07) is 14.9. The smallest absolute Gasteiger partial charge is 0.302 e. The predicted octanol–water partition coefficient (Wildman–Crippen LogP) is 4.41. The van der Waals surface area contributed by atoms with Crippen molar-refractivity contribution in [3.8, 4) is 11.5 Å². The van der Waals surface area contributed by atoms with Gasteiger partial charge in [-0.25, -0.2) is 9.37 Å². The maximum Gasteiger partial charge on any atom is 0.302 e. The fourth-order valence-corrected chi connectivity index (χ4v) is 4.54. The number of benzene rings is 3. The third-order valence-electron chi connectivity index (χ3n) is 6.49. The molecule has 3 aromatic carbocycles. The molecule has 9 nitrogen and oxygen atoms in total. The summed E-state index contributed by atoms with van der Waals surface area (Å²) in [6.45, 7) is 0. The monoisotopic (exact) mass is 516 g/mol. The van der Waals surface area contributed by atoms with Gasteiger partial charge in [-0.15, -0.1) is 0 Å². The van der Waals surface area contributed by atoms with E-state index in [0.717, 1.165) is 5.69 Å². The number of amides is 1. The zero-order valence-electron chi connectivity index (χ0n) is 21.2. The molecular weight excluding hydrogens is 491 g/mol. The molecule has 1 amide bonds. The van der Waals surface area contributed by atoms with E-state index in [0.29, 0.717) is 28.1 Å². The van der Waals surface area contributed by atoms with Gasteiger partial charge in [-0.1, -0.05) is 12.1 Å². The minimum Gasteiger partial charge on any atom is -0.507 e. The van der Waals surface area contributed by atoms with Gasteiger partial charge >= 0.3 is 5.91 Å². The number of fused-ring (bicyclic) bond motifs is 1. The van der Waals surface area contributed by atoms with Crippen LogP contribution in [0.1, 0.15) is 17.2 Å². The Morgan fingerprint density at radius 2 is 1.71 bits per heavy atom. The van der Waals surface area contributed by atoms with E-state index >= 15 is 0 Å². The second kappa shape index (κ2) is 9.55. The van der Waals surface area contributed by atoms with Gasteiger partial charge in [0.25, 0.3) is 5.78 Å². The Balaban J connectivity index is 1.71. The Morgan fingerprint density at radius 3 is 2.37 bits per heavy atom. The van der Waals surface area contributed by atoms with Crippen LogP contribution in [0.3, 0.4) is 0 Å². The van der Waals surface area contributed by atoms with E-state index in [-0.39, 0.29) is 22.8 Å². The summed E-state index contributed by atoms with van der Waals surface area (Å²) in [6.07, 6.45) is 0. The molecule has 1 fully saturated rings. The first-order valence-electron chi connectivity index (χ1n) is 11.7. The molecule has 1 aliphatic heterocycles. The van der Waals surface area contributed by atoms with Gasteiger partial charge in [0.05, 0.1) is 36.9 Å². The average Bonchev–Trinajstić information content (AvgIpc) is 3.45. The van der Waals surface area contributed by atoms with E-state index in [1.807, 2.05) is 31.1 Å². The summed E-state index contributed by atoms with van der Waals surface area (Å²) < 4.78 is 24.5. The van der Waals surface area contributed by atoms with Crippen LogP contribution in [0.15, 0.2) is 66.2 Å². The van der Waals surface area contributed by atoms with E-state index in [1.165, 1.54) is 43.4 Å². The zero-order chi connectivity index (χ0) is 27.1. The van der Waals surface area contributed by atoms with Gasteiger partial charge in [0.1, 0.15) is 11.6 Å². The van der Waals surface area contributed by atoms with Crippen LogP contribution in [0.25, 0.3) is 16.8 Å². The van der Waals surface area contributed by atoms with Crippen molar-refractivity contribution in [3.05, 3.63) is 83.2 Å². The maximum absolute atomic E-state index is 13.8. The van der Waals surface area contributed by atoms with E-state index < -0.39 is 23.5 Å². The second-order valence-corrected chi connectivity index (χ2v) is 8.95. The molecular formula is C28H25FN4O5. The number of halogens is 1. The Morgan fingerprint density at radius 1 is 1.00 bits per heavy atom. The van der Waals surface area contributed by atoms with Crippen molar-refractivity contribution in [2.75, 3.05) is 38.1 Å². The first-order chi connectivity index (χ1) is 18.2. The highest BCUT2D eigenvalue weighted by Crippen LogP contribution is 2.43. The first-order valence-corrected chi connectivity index (χ1v) is 11.7. The number of anilines is 2. The lowest BCUT2D eigenvalue weighted by Crippen LogP contribution is -2.30. The summed E-state index contributed by atoms with van der Waals surface area (Å²) >= 11 is 0. The van der Waals surface area contributed by atoms with Crippen molar-refractivity contribution in [1.29, 1.82) is 0 Å². The van der Waals surface area contributed by atoms with Gasteiger partial charge in [0.15, 0.2) is 11.5 Å². The van der Waals surface area contributed by atoms with Crippen molar-refractivity contribution in [3.63, 3.8) is 0 Å². The second-order valence-electron chi connectivity index (χ2n) is 8.95. The number of nitrogens with zero attached hydrogens (tertiary/aromatic N) is 3. The van der Waals surface area contributed by atoms with Crippen molar-refractivity contribution in [2.45, 2.75) is 6.04 Å². The number of methoxy groups -OCH3 is 2. The number of H-pyrrole nitrogens is 1. The molecule has 1 aliphatic rings. The van der Waals surface area contributed by atoms with Crippen LogP contribution in [0.2, 0.25) is 0 Å². The SMILES string of the molecule is COc1ccc(/C(O)=C2\C(=O)C(=O)N(c3nc4ccc(F)cc4[nH]3)C2c2ccc(N(C)C)cc2)cc1OC. The maximum atomic E-state index is 13.8. The molecule has 4 aromatic rings. The highest BCUT2D eigenvalue weighted by molar-refractivity contribution is 6.51. The number of aliphatic hydroxyl groups is 1. The largest absolute Gasteiger partial charge is 0.507 e. The topological polar surface area (TPSA) is 108 Å². The molecule has 1 atom stereocenters. The molecule has 5 rings (SSSR count). The number of carbonyl (C=O) groups excluding carboxylic acids is 2. The average molecular weight is 517 g/mol. The number of rotatable bonds is 6. The van der Waals surface area contributed by atoms with Crippen LogP contribution in [-0.2, 0) is 9.59 Å². The number of carbonyl (C=O) groups is 2. The molecule has 1 aromatic heterocycles. The third kappa shape index (κ3) is 4.09. The lowest BCUT2D eigenvalue weighted by atomic mass is 9.95. The Labute approximate surface area is 217 Å². The lowest BCUT2D eigenvalue weighted by Gasteiger charge is -2.24. The summed E-state index contributed by atoms with van der Waals surface area (Å²) in [4.78, 5) is 37.3. The molecule has 1 saturated heterocycles. The summed E-state index contributed by atoms with van der Waals surface area (Å²) in [5.41, 5.74) is 2.41. The number of ether oxygens (including phenoxy) is 2. The van der Waals surface area contributed by atoms with E-state index in [9.17, 15) is 19.1 Å². The minimum atomic E-state index is -1.01. The van der Waals surface area contributed by atoms with Gasteiger partial charge in [-0.2, -0.15) is 0 Å². The molecule has 38 heavy (non-hydrogen) atoms. The van der Waals surface area contributed by atoms with Gasteiger partial charge in [0, 0.05) is 25.3 Å². The van der Waals surface area contributed by atoms with Crippen molar-refractivity contribution >= 4 is 40.1 Å². The van der Waals surface area contributed by atoms with Gasteiger partial charge < -0.3 is 24.5 Å². The molecule has 0 bridgehead atoms. The van der Waals surface area contributed by atoms with Crippen molar-refractivity contribution < 1.29 is 28.6 Å². The number of Topliss-reactive ketones (excluding diaryl/α,β-unsaturated/α-hetero) is 1. The van der Waals surface area contributed by atoms with Gasteiger partial charge in [-0.3, -0.25) is 14.5 Å². The molecule has 2 N–H and O–H groups in total. The Bertz CT molecular complexity index is 1590. The van der Waals surface area contributed by atoms with Crippen LogP contribution >= 0.6 is 0 Å². The quantitative estimate of drug-likeness (QED) is 0.222. The highest BCUT2D eigenvalue weighted by atomic mass is 19.1. The molecule has 194 valence electrons. The van der Waals surface area contributed by atoms with Crippen LogP contribution < -0.4 is 19.3 Å². The number of imidazole rings is 1. The number of nitrogens with one attached hydrogen (secondary N) is 1. The molecule has 10 heteroatoms. The highest BCUT2D eigenvalue weighted by Gasteiger charge is 2.48. The lowest BCUT2D eigenvalue weighted by molar-refractivity contribution is -0.132. The molecule has 0 aliphatic carbocycles. The third-order valence-corrected chi connectivity index (χ3v) is 6.49. The van der Waals surface area contributed by atoms with E-state index in [4.69, 9.17) is 9.47 Å². The standard InChI is InChI=1S/C28H25FN4O5/c1-32(2)18-9-5-15(6-10-18)24-23(25(34)16-7-12-21(37-3)22(13-16)38-4)26(35)27(36)33(24)28-30-19-11-8-17(29)14-20(19)31-28/h5-14,24,34H,1-4H3,(H,30,31)/b25-23+. The number of ketones is 1. The Hall–Kier alpha value is -4.86. The van der Waals surface area contributed by atoms with Gasteiger partial charge in [0.2, 0.25) is 5.95 Å². The summed E-state index contributed by atoms with van der Waals surface area (Å²) in [5.74, 6) is -1.78. The minimum absolute atomic E-state index is 0.0562. The predicted molar refractivity (Wildman–Crippen MR) is 141 cm³/mol. The van der Waals surface area contributed by atoms with Gasteiger partial charge in [-0.05, 0) is 54.1 Å². The first kappa shape index (κ1) is 24.8. The normalized spacial score (nSPS) is 16.8. The Kier molecular flexibility index (Phi) is 6.23. The summed E-state index contributed by atoms with van der Waals surface area (Å²) in [5, 5.41) is 11.4. The number of hydrogen-bond donors (Lipinski definition) is 2. The number of aliphatic hydroxyl groups excluding tert-OH is 1. The van der Waals surface area contributed by atoms with Crippen molar-refractivity contribution in [1.82, 2.24) is 9.97 Å². The van der Waals surface area contributed by atoms with Crippen LogP contribution in [0.4, 0.5) is 16.0 Å². The molecule has 0 saturated carbocycles. The number of aromatic amines is 1. The molecule has 1 unspecified atom stereocenters. The molecule has 2 heterocycles. The molecule has 0 spiro atoms. The fourth-order valence-electron chi connectivity index (χ4n) is 4.54. The van der Waals surface area contributed by atoms with Crippen LogP contribution in [0.5, 0.6) is 11.5 Å². The zero-order valence-corrected chi connectivity index (χ0v) is 21.2.